The van der Waals surface area contributed by atoms with Crippen molar-refractivity contribution in [2.75, 3.05) is 6.54 Å². The van der Waals surface area contributed by atoms with Crippen molar-refractivity contribution in [1.82, 2.24) is 20.2 Å². The third-order valence-corrected chi connectivity index (χ3v) is 4.00. The van der Waals surface area contributed by atoms with E-state index in [1.165, 1.54) is 12.1 Å². The van der Waals surface area contributed by atoms with E-state index in [-0.39, 0.29) is 12.1 Å². The summed E-state index contributed by atoms with van der Waals surface area (Å²) in [4.78, 5) is 19.2. The number of carbonyl (C=O) groups is 1. The van der Waals surface area contributed by atoms with Crippen LogP contribution in [0, 0.1) is 0 Å². The minimum Gasteiger partial charge on any atom is -0.319 e. The molecule has 0 aromatic carbocycles. The molecule has 0 bridgehead atoms. The Labute approximate surface area is 112 Å². The first-order chi connectivity index (χ1) is 9.24. The van der Waals surface area contributed by atoms with Crippen LogP contribution in [0.3, 0.4) is 0 Å². The zero-order valence-corrected chi connectivity index (χ0v) is 11.3. The average molecular weight is 264 g/mol. The highest BCUT2D eigenvalue weighted by molar-refractivity contribution is 5.73. The van der Waals surface area contributed by atoms with Crippen molar-refractivity contribution in [3.05, 3.63) is 17.5 Å². The number of rotatable bonds is 2. The van der Waals surface area contributed by atoms with Gasteiger partial charge in [-0.15, -0.1) is 0 Å². The van der Waals surface area contributed by atoms with Gasteiger partial charge < -0.3 is 4.90 Å². The van der Waals surface area contributed by atoms with E-state index >= 15 is 0 Å². The monoisotopic (exact) mass is 264 g/mol. The molecule has 19 heavy (non-hydrogen) atoms. The maximum Gasteiger partial charge on any atom is 0.341 e. The lowest BCUT2D eigenvalue weighted by Gasteiger charge is -2.27. The van der Waals surface area contributed by atoms with E-state index in [0.29, 0.717) is 6.54 Å². The van der Waals surface area contributed by atoms with E-state index < -0.39 is 0 Å². The van der Waals surface area contributed by atoms with Crippen molar-refractivity contribution >= 4 is 6.03 Å². The molecular weight excluding hydrogens is 244 g/mol. The van der Waals surface area contributed by atoms with E-state index in [1.807, 2.05) is 17.9 Å². The minimum absolute atomic E-state index is 0.136. The molecule has 6 nitrogen and oxygen atoms in total. The van der Waals surface area contributed by atoms with Crippen LogP contribution in [-0.4, -0.2) is 33.4 Å². The Hall–Kier alpha value is -1.56. The smallest absolute Gasteiger partial charge is 0.319 e. The number of nitrogens with one attached hydrogen (secondary N) is 1. The van der Waals surface area contributed by atoms with Gasteiger partial charge in [-0.2, -0.15) is 5.10 Å². The zero-order chi connectivity index (χ0) is 13.2. The van der Waals surface area contributed by atoms with Crippen LogP contribution < -0.4 is 5.48 Å². The average Bonchev–Trinajstić information content (AvgIpc) is 2.59. The van der Waals surface area contributed by atoms with Crippen LogP contribution in [-0.2, 0) is 24.9 Å². The Balaban J connectivity index is 1.59. The molecule has 1 aliphatic heterocycles. The van der Waals surface area contributed by atoms with E-state index in [9.17, 15) is 4.79 Å². The lowest BCUT2D eigenvalue weighted by molar-refractivity contribution is -0.0502. The first kappa shape index (κ1) is 12.5. The van der Waals surface area contributed by atoms with E-state index in [0.717, 1.165) is 37.8 Å². The van der Waals surface area contributed by atoms with Crippen LogP contribution in [0.15, 0.2) is 6.20 Å². The van der Waals surface area contributed by atoms with Crippen molar-refractivity contribution in [2.24, 2.45) is 7.05 Å². The molecule has 0 radical (unpaired) electrons. The summed E-state index contributed by atoms with van der Waals surface area (Å²) in [7, 11) is 1.95. The molecule has 0 atom stereocenters. The third kappa shape index (κ3) is 2.58. The number of fused-ring (bicyclic) bond motifs is 1. The van der Waals surface area contributed by atoms with Crippen LogP contribution in [0.25, 0.3) is 0 Å². The largest absolute Gasteiger partial charge is 0.341 e. The molecule has 2 amide bonds. The number of aryl methyl sites for hydroxylation is 1. The van der Waals surface area contributed by atoms with Gasteiger partial charge in [0.2, 0.25) is 0 Å². The molecule has 0 saturated heterocycles. The Kier molecular flexibility index (Phi) is 3.42. The number of hydrogen-bond donors (Lipinski definition) is 1. The number of nitrogens with zero attached hydrogens (tertiary/aromatic N) is 3. The fraction of sp³-hybridized carbons (Fsp3) is 0.692. The fourth-order valence-electron chi connectivity index (χ4n) is 2.55. The van der Waals surface area contributed by atoms with E-state index in [4.69, 9.17) is 4.84 Å². The van der Waals surface area contributed by atoms with Gasteiger partial charge in [-0.1, -0.05) is 0 Å². The van der Waals surface area contributed by atoms with Crippen molar-refractivity contribution in [2.45, 2.75) is 44.8 Å². The first-order valence-corrected chi connectivity index (χ1v) is 6.94. The van der Waals surface area contributed by atoms with Crippen LogP contribution in [0.5, 0.6) is 0 Å². The summed E-state index contributed by atoms with van der Waals surface area (Å²) in [6.45, 7) is 1.37. The molecular formula is C13H20N4O2. The fourth-order valence-corrected chi connectivity index (χ4v) is 2.55. The van der Waals surface area contributed by atoms with Crippen molar-refractivity contribution in [3.63, 3.8) is 0 Å². The van der Waals surface area contributed by atoms with E-state index in [2.05, 4.69) is 10.6 Å². The van der Waals surface area contributed by atoms with Gasteiger partial charge in [0.1, 0.15) is 0 Å². The molecule has 1 aromatic rings. The molecule has 1 N–H and O–H groups in total. The van der Waals surface area contributed by atoms with Gasteiger partial charge in [-0.3, -0.25) is 9.52 Å². The van der Waals surface area contributed by atoms with E-state index in [1.54, 1.807) is 4.90 Å². The highest BCUT2D eigenvalue weighted by Crippen LogP contribution is 2.21. The predicted octanol–water partition coefficient (Wildman–Crippen LogP) is 1.36. The summed E-state index contributed by atoms with van der Waals surface area (Å²) in [6, 6.07) is -0.136. The summed E-state index contributed by atoms with van der Waals surface area (Å²) in [6.07, 6.45) is 7.30. The Bertz CT molecular complexity index is 467. The molecule has 1 aliphatic carbocycles. The summed E-state index contributed by atoms with van der Waals surface area (Å²) < 4.78 is 1.90. The molecule has 6 heteroatoms. The second-order valence-electron chi connectivity index (χ2n) is 5.34. The number of hydrogen-bond acceptors (Lipinski definition) is 3. The molecule has 1 saturated carbocycles. The van der Waals surface area contributed by atoms with Crippen LogP contribution in [0.2, 0.25) is 0 Å². The van der Waals surface area contributed by atoms with Crippen molar-refractivity contribution in [1.29, 1.82) is 0 Å². The number of aromatic nitrogens is 2. The number of amides is 2. The zero-order valence-electron chi connectivity index (χ0n) is 11.3. The second kappa shape index (κ2) is 5.21. The molecule has 104 valence electrons. The Morgan fingerprint density at radius 2 is 2.32 bits per heavy atom. The number of urea groups is 1. The SMILES string of the molecule is Cn1ncc2c1CCCN(C(=O)NOC1CCC1)C2. The van der Waals surface area contributed by atoms with Crippen LogP contribution >= 0.6 is 0 Å². The first-order valence-electron chi connectivity index (χ1n) is 6.94. The molecule has 1 aromatic heterocycles. The highest BCUT2D eigenvalue weighted by atomic mass is 16.7. The topological polar surface area (TPSA) is 59.4 Å². The van der Waals surface area contributed by atoms with Gasteiger partial charge >= 0.3 is 6.03 Å². The van der Waals surface area contributed by atoms with Crippen molar-refractivity contribution in [3.8, 4) is 0 Å². The lowest BCUT2D eigenvalue weighted by Crippen LogP contribution is -2.42. The molecule has 0 spiro atoms. The standard InChI is InChI=1S/C13H20N4O2/c1-16-12-6-3-7-17(9-10(12)8-14-16)13(18)15-19-11-4-2-5-11/h8,11H,2-7,9H2,1H3,(H,15,18). The maximum absolute atomic E-state index is 12.1. The van der Waals surface area contributed by atoms with Gasteiger partial charge in [-0.25, -0.2) is 10.3 Å². The normalized spacial score (nSPS) is 19.5. The Morgan fingerprint density at radius 3 is 3.05 bits per heavy atom. The summed E-state index contributed by atoms with van der Waals surface area (Å²) in [5, 5.41) is 4.26. The number of carbonyl (C=O) groups excluding carboxylic acids is 1. The molecule has 0 unspecified atom stereocenters. The van der Waals surface area contributed by atoms with Gasteiger partial charge in [0, 0.05) is 24.8 Å². The second-order valence-corrected chi connectivity index (χ2v) is 5.34. The van der Waals surface area contributed by atoms with Gasteiger partial charge in [0.15, 0.2) is 0 Å². The third-order valence-electron chi connectivity index (χ3n) is 4.00. The molecule has 1 fully saturated rings. The summed E-state index contributed by atoms with van der Waals surface area (Å²) in [5.41, 5.74) is 4.95. The van der Waals surface area contributed by atoms with Crippen LogP contribution in [0.1, 0.15) is 36.9 Å². The molecule has 3 rings (SSSR count). The predicted molar refractivity (Wildman–Crippen MR) is 69.2 cm³/mol. The van der Waals surface area contributed by atoms with Crippen molar-refractivity contribution < 1.29 is 9.63 Å². The molecule has 2 heterocycles. The van der Waals surface area contributed by atoms with Gasteiger partial charge in [0.05, 0.1) is 18.8 Å². The Morgan fingerprint density at radius 1 is 1.47 bits per heavy atom. The minimum atomic E-state index is -0.136. The lowest BCUT2D eigenvalue weighted by atomic mass is 9.97. The summed E-state index contributed by atoms with van der Waals surface area (Å²) in [5.74, 6) is 0. The number of hydroxylamine groups is 1. The van der Waals surface area contributed by atoms with Gasteiger partial charge in [-0.05, 0) is 32.1 Å². The maximum atomic E-state index is 12.1. The summed E-state index contributed by atoms with van der Waals surface area (Å²) >= 11 is 0. The highest BCUT2D eigenvalue weighted by Gasteiger charge is 2.24. The van der Waals surface area contributed by atoms with Gasteiger partial charge in [0.25, 0.3) is 0 Å². The quantitative estimate of drug-likeness (QED) is 0.821. The van der Waals surface area contributed by atoms with Crippen LogP contribution in [0.4, 0.5) is 4.79 Å². The molecule has 2 aliphatic rings.